The number of nitrogens with two attached hydrogens (primary N) is 1. The summed E-state index contributed by atoms with van der Waals surface area (Å²) in [4.78, 5) is 35.1. The molecule has 2 aliphatic carbocycles. The van der Waals surface area contributed by atoms with Gasteiger partial charge < -0.3 is 31.2 Å². The maximum Gasteiger partial charge on any atom is 0.407 e. The van der Waals surface area contributed by atoms with Crippen LogP contribution in [0.3, 0.4) is 0 Å². The van der Waals surface area contributed by atoms with Gasteiger partial charge in [-0.1, -0.05) is 41.9 Å². The summed E-state index contributed by atoms with van der Waals surface area (Å²) >= 11 is 6.43. The Morgan fingerprint density at radius 2 is 1.10 bits per heavy atom. The summed E-state index contributed by atoms with van der Waals surface area (Å²) in [5, 5.41) is 26.2. The van der Waals surface area contributed by atoms with Gasteiger partial charge in [-0.25, -0.2) is 45.8 Å². The molecule has 77 heavy (non-hydrogen) atoms. The molecule has 0 bridgehead atoms. The summed E-state index contributed by atoms with van der Waals surface area (Å²) in [6, 6.07) is 14.3. The number of nitrogen functional groups attached to an aromatic ring is 1. The highest BCUT2D eigenvalue weighted by Gasteiger charge is 2.30. The largest absolute Gasteiger partial charge is 0.447 e. The van der Waals surface area contributed by atoms with Crippen LogP contribution in [0.5, 0.6) is 0 Å². The summed E-state index contributed by atoms with van der Waals surface area (Å²) in [6.07, 6.45) is 12.9. The Morgan fingerprint density at radius 1 is 0.649 bits per heavy atom. The molecule has 4 heterocycles. The number of hydrogen-bond acceptors (Lipinski definition) is 18. The number of carbonyl (C=O) groups excluding carboxylic acids is 2. The highest BCUT2D eigenvalue weighted by atomic mass is 79.9. The van der Waals surface area contributed by atoms with Gasteiger partial charge in [0.15, 0.2) is 5.82 Å². The number of alkyl carbamates (subject to hydrolysis) is 2. The molecule has 6 aromatic rings. The molecule has 25 heteroatoms. The number of sulfonamides is 2. The van der Waals surface area contributed by atoms with Crippen molar-refractivity contribution in [2.75, 3.05) is 24.1 Å². The lowest BCUT2D eigenvalue weighted by Gasteiger charge is -2.28. The van der Waals surface area contributed by atoms with Gasteiger partial charge in [0.1, 0.15) is 5.82 Å². The number of thiazole rings is 2. The summed E-state index contributed by atoms with van der Waals surface area (Å²) in [7, 11) is -7.36. The topological polar surface area (TPSA) is 284 Å². The van der Waals surface area contributed by atoms with Crippen molar-refractivity contribution < 1.29 is 35.9 Å². The van der Waals surface area contributed by atoms with Crippen molar-refractivity contribution in [3.63, 3.8) is 0 Å². The fourth-order valence-electron chi connectivity index (χ4n) is 8.64. The number of ether oxygens (including phenoxy) is 2. The molecule has 2 fully saturated rings. The van der Waals surface area contributed by atoms with Gasteiger partial charge in [0, 0.05) is 70.7 Å². The van der Waals surface area contributed by atoms with Crippen LogP contribution in [-0.4, -0.2) is 96.8 Å². The Labute approximate surface area is 468 Å². The van der Waals surface area contributed by atoms with E-state index in [1.54, 1.807) is 62.9 Å². The van der Waals surface area contributed by atoms with Crippen molar-refractivity contribution in [3.8, 4) is 20.9 Å². The Morgan fingerprint density at radius 3 is 1.53 bits per heavy atom. The summed E-state index contributed by atoms with van der Waals surface area (Å²) < 4.78 is 67.9. The van der Waals surface area contributed by atoms with Gasteiger partial charge in [-0.2, -0.15) is 10.2 Å². The average Bonchev–Trinajstić information content (AvgIpc) is 4.06. The first kappa shape index (κ1) is 60.5. The van der Waals surface area contributed by atoms with Crippen LogP contribution in [0.2, 0.25) is 0 Å². The fraction of sp³-hybridized carbons (Fsp3) is 0.462. The number of aromatic nitrogens is 6. The van der Waals surface area contributed by atoms with Crippen molar-refractivity contribution in [1.82, 2.24) is 50.4 Å². The van der Waals surface area contributed by atoms with Crippen LogP contribution < -0.4 is 31.1 Å². The van der Waals surface area contributed by atoms with Gasteiger partial charge >= 0.3 is 12.2 Å². The molecule has 2 aromatic carbocycles. The number of amides is 2. The minimum atomic E-state index is -3.75. The van der Waals surface area contributed by atoms with Gasteiger partial charge in [-0.05, 0) is 140 Å². The van der Waals surface area contributed by atoms with Crippen LogP contribution >= 0.6 is 38.6 Å². The van der Waals surface area contributed by atoms with Gasteiger partial charge in [-0.3, -0.25) is 0 Å². The van der Waals surface area contributed by atoms with E-state index in [0.29, 0.717) is 45.4 Å². The molecule has 0 unspecified atom stereocenters. The molecule has 8 rings (SSSR count). The monoisotopic (exact) mass is 1200 g/mol. The normalized spacial score (nSPS) is 17.5. The van der Waals surface area contributed by atoms with Gasteiger partial charge in [0.2, 0.25) is 20.0 Å². The molecule has 416 valence electrons. The van der Waals surface area contributed by atoms with Crippen LogP contribution in [-0.2, 0) is 29.5 Å². The second kappa shape index (κ2) is 28.3. The number of halogens is 1. The molecule has 7 N–H and O–H groups in total. The zero-order chi connectivity index (χ0) is 55.9. The van der Waals surface area contributed by atoms with Crippen molar-refractivity contribution in [1.29, 1.82) is 0 Å². The summed E-state index contributed by atoms with van der Waals surface area (Å²) in [5.74, 6) is 1.59. The van der Waals surface area contributed by atoms with Crippen molar-refractivity contribution >= 4 is 88.2 Å². The summed E-state index contributed by atoms with van der Waals surface area (Å²) in [6.45, 7) is 15.3. The SMILES string of the molecule is CCNS(=O)(=O)c1cc(Br)ccc1-c1cnc(C2CCC(NC(=O)OC(C)C)CC2)s1.CCNS(=O)(=O)c1cc(Nc2cc(C)cnn2)ccc1-c1cnc(C2CCC(NC(=O)OC(C)C)CC2)s1.Cc1cnnc(N)c1. The smallest absolute Gasteiger partial charge is 0.407 e. The van der Waals surface area contributed by atoms with Gasteiger partial charge in [0.25, 0.3) is 0 Å². The third-order valence-electron chi connectivity index (χ3n) is 12.1. The van der Waals surface area contributed by atoms with Crippen LogP contribution in [0, 0.1) is 13.8 Å². The predicted octanol–water partition coefficient (Wildman–Crippen LogP) is 10.5. The number of rotatable bonds is 16. The molecule has 0 spiro atoms. The molecule has 2 aliphatic rings. The third-order valence-corrected chi connectivity index (χ3v) is 18.2. The lowest BCUT2D eigenvalue weighted by atomic mass is 9.86. The van der Waals surface area contributed by atoms with Crippen LogP contribution in [0.25, 0.3) is 20.9 Å². The molecular weight excluding hydrogens is 1130 g/mol. The standard InChI is InChI=1S/C26H34N6O4S2.C21H28BrN3O4S2.C5H7N3/c1-5-29-38(34,35)23-13-20(30-24-12-17(4)14-28-32-24)10-11-21(23)22-15-27-25(37-22)18-6-8-19(9-7-18)31-26(33)36-16(2)3;1-4-24-31(27,28)19-11-15(22)7-10-17(19)18-12-23-20(30-18)14-5-8-16(9-6-14)25-21(26)29-13(2)3;1-4-2-5(6)8-7-3-4/h10-16,18-19,29H,5-9H2,1-4H3,(H,30,32)(H,31,33);7,10-14,16,24H,4-6,8-9H2,1-3H3,(H,25,26);2-3H,1H3,(H2,6,8). The number of aryl methyl sites for hydroxylation is 2. The van der Waals surface area contributed by atoms with Crippen LogP contribution in [0.4, 0.5) is 26.9 Å². The molecule has 4 aromatic heterocycles. The van der Waals surface area contributed by atoms with E-state index in [0.717, 1.165) is 82.3 Å². The van der Waals surface area contributed by atoms with E-state index >= 15 is 0 Å². The number of anilines is 3. The number of benzene rings is 2. The first-order chi connectivity index (χ1) is 36.6. The lowest BCUT2D eigenvalue weighted by molar-refractivity contribution is 0.108. The van der Waals surface area contributed by atoms with Crippen molar-refractivity contribution in [2.45, 2.75) is 153 Å². The molecule has 20 nitrogen and oxygen atoms in total. The summed E-state index contributed by atoms with van der Waals surface area (Å²) in [5.41, 5.74) is 9.11. The second-order valence-electron chi connectivity index (χ2n) is 19.2. The number of nitrogens with one attached hydrogen (secondary N) is 5. The van der Waals surface area contributed by atoms with E-state index < -0.39 is 20.0 Å². The molecule has 2 saturated carbocycles. The van der Waals surface area contributed by atoms with E-state index in [1.165, 1.54) is 22.7 Å². The Hall–Kier alpha value is -5.70. The van der Waals surface area contributed by atoms with Crippen LogP contribution in [0.15, 0.2) is 87.6 Å². The van der Waals surface area contributed by atoms with Crippen molar-refractivity contribution in [3.05, 3.63) is 98.9 Å². The minimum Gasteiger partial charge on any atom is -0.447 e. The first-order valence-corrected chi connectivity index (χ1v) is 30.9. The van der Waals surface area contributed by atoms with E-state index in [1.807, 2.05) is 65.8 Å². The molecular formula is C52H69BrN12O8S4. The van der Waals surface area contributed by atoms with Gasteiger partial charge in [-0.15, -0.1) is 32.9 Å². The molecule has 0 saturated heterocycles. The zero-order valence-electron chi connectivity index (χ0n) is 44.5. The number of nitrogens with zero attached hydrogens (tertiary/aromatic N) is 6. The predicted molar refractivity (Wildman–Crippen MR) is 305 cm³/mol. The van der Waals surface area contributed by atoms with E-state index in [2.05, 4.69) is 71.7 Å². The number of carbonyl (C=O) groups is 2. The Bertz CT molecular complexity index is 3130. The first-order valence-electron chi connectivity index (χ1n) is 25.5. The molecule has 0 aliphatic heterocycles. The quantitative estimate of drug-likeness (QED) is 0.0525. The highest BCUT2D eigenvalue weighted by Crippen LogP contribution is 2.42. The second-order valence-corrected chi connectivity index (χ2v) is 25.7. The zero-order valence-corrected chi connectivity index (χ0v) is 49.4. The average molecular weight is 1200 g/mol. The van der Waals surface area contributed by atoms with Crippen molar-refractivity contribution in [2.24, 2.45) is 0 Å². The number of hydrogen-bond donors (Lipinski definition) is 6. The van der Waals surface area contributed by atoms with E-state index in [-0.39, 0.29) is 58.7 Å². The lowest BCUT2D eigenvalue weighted by Crippen LogP contribution is -2.38. The maximum absolute atomic E-state index is 13.2. The molecule has 2 amide bonds. The fourth-order valence-corrected chi connectivity index (χ4v) is 14.1. The Kier molecular flexibility index (Phi) is 22.2. The molecule has 0 atom stereocenters. The van der Waals surface area contributed by atoms with Crippen LogP contribution in [0.1, 0.15) is 126 Å². The Balaban J connectivity index is 0.000000221. The van der Waals surface area contributed by atoms with Gasteiger partial charge in [0.05, 0.1) is 54.2 Å². The van der Waals surface area contributed by atoms with E-state index in [9.17, 15) is 26.4 Å². The molecule has 0 radical (unpaired) electrons. The third kappa shape index (κ3) is 18.2. The van der Waals surface area contributed by atoms with E-state index in [4.69, 9.17) is 15.2 Å². The minimum absolute atomic E-state index is 0.0898. The highest BCUT2D eigenvalue weighted by molar-refractivity contribution is 9.10. The maximum atomic E-state index is 13.2.